The maximum absolute atomic E-state index is 9.89. The van der Waals surface area contributed by atoms with E-state index in [0.717, 1.165) is 0 Å². The van der Waals surface area contributed by atoms with Gasteiger partial charge in [-0.1, -0.05) is 11.6 Å². The van der Waals surface area contributed by atoms with Crippen LogP contribution < -0.4 is 0 Å². The monoisotopic (exact) mass is 131 g/mol. The molecule has 0 aromatic rings. The van der Waals surface area contributed by atoms with Gasteiger partial charge in [-0.05, 0) is 0 Å². The lowest BCUT2D eigenvalue weighted by atomic mass is 10.3. The van der Waals surface area contributed by atoms with E-state index in [2.05, 4.69) is 4.99 Å². The van der Waals surface area contributed by atoms with Crippen LogP contribution >= 0.6 is 11.6 Å². The number of rotatable bonds is 1. The van der Waals surface area contributed by atoms with Gasteiger partial charge in [0.15, 0.2) is 5.71 Å². The maximum Gasteiger partial charge on any atom is 0.354 e. The molecule has 3 nitrogen and oxygen atoms in total. The Bertz CT molecular complexity index is 194. The van der Waals surface area contributed by atoms with Crippen LogP contribution in [0.1, 0.15) is 0 Å². The highest BCUT2D eigenvalue weighted by Gasteiger charge is 2.14. The van der Waals surface area contributed by atoms with Crippen molar-refractivity contribution in [2.24, 2.45) is 4.99 Å². The molecule has 0 aromatic carbocycles. The van der Waals surface area contributed by atoms with Crippen LogP contribution in [-0.2, 0) is 4.79 Å². The van der Waals surface area contributed by atoms with Crippen LogP contribution in [0.3, 0.4) is 0 Å². The van der Waals surface area contributed by atoms with Crippen molar-refractivity contribution in [1.82, 2.24) is 0 Å². The first kappa shape index (κ1) is 5.31. The van der Waals surface area contributed by atoms with Crippen LogP contribution in [0.25, 0.3) is 0 Å². The average Bonchev–Trinajstić information content (AvgIpc) is 1.57. The zero-order chi connectivity index (χ0) is 6.15. The van der Waals surface area contributed by atoms with Crippen LogP contribution in [0, 0.1) is 0 Å². The summed E-state index contributed by atoms with van der Waals surface area (Å²) in [6, 6.07) is 0. The third-order valence-corrected chi connectivity index (χ3v) is 0.896. The van der Waals surface area contributed by atoms with E-state index in [1.54, 1.807) is 0 Å². The molecule has 0 saturated heterocycles. The molecule has 0 spiro atoms. The molecule has 1 rings (SSSR count). The third kappa shape index (κ3) is 0.721. The second-order valence-electron chi connectivity index (χ2n) is 1.27. The summed E-state index contributed by atoms with van der Waals surface area (Å²) < 4.78 is 0. The molecule has 4 heteroatoms. The van der Waals surface area contributed by atoms with Crippen LogP contribution in [0.15, 0.2) is 16.2 Å². The van der Waals surface area contributed by atoms with E-state index < -0.39 is 5.97 Å². The lowest BCUT2D eigenvalue weighted by Gasteiger charge is -2.01. The van der Waals surface area contributed by atoms with Crippen molar-refractivity contribution in [2.45, 2.75) is 0 Å². The van der Waals surface area contributed by atoms with Crippen molar-refractivity contribution in [3.63, 3.8) is 0 Å². The predicted octanol–water partition coefficient (Wildman–Crippen LogP) is 0.606. The Morgan fingerprint density at radius 2 is 2.38 bits per heavy atom. The molecule has 0 saturated carbocycles. The minimum absolute atomic E-state index is 0.0231. The van der Waals surface area contributed by atoms with Crippen molar-refractivity contribution in [1.29, 1.82) is 0 Å². The highest BCUT2D eigenvalue weighted by atomic mass is 35.5. The first-order valence-electron chi connectivity index (χ1n) is 1.89. The Labute approximate surface area is 50.3 Å². The topological polar surface area (TPSA) is 49.7 Å². The molecule has 0 fully saturated rings. The second kappa shape index (κ2) is 1.59. The molecule has 0 radical (unpaired) electrons. The van der Waals surface area contributed by atoms with E-state index in [1.165, 1.54) is 6.08 Å². The molecule has 42 valence electrons. The molecular weight excluding hydrogens is 130 g/mol. The zero-order valence-corrected chi connectivity index (χ0v) is 4.51. The molecule has 0 aliphatic carbocycles. The number of nitrogens with zero attached hydrogens (tertiary/aromatic N) is 1. The van der Waals surface area contributed by atoms with Gasteiger partial charge in [-0.2, -0.15) is 0 Å². The van der Waals surface area contributed by atoms with Gasteiger partial charge in [0, 0.05) is 6.08 Å². The maximum atomic E-state index is 9.89. The molecule has 0 unspecified atom stereocenters. The molecule has 1 aliphatic heterocycles. The SMILES string of the molecule is O=C(O)C1=NC(Cl)=C1. The fourth-order valence-electron chi connectivity index (χ4n) is 0.336. The second-order valence-corrected chi connectivity index (χ2v) is 1.66. The lowest BCUT2D eigenvalue weighted by Crippen LogP contribution is -2.14. The summed E-state index contributed by atoms with van der Waals surface area (Å²) in [6.45, 7) is 0. The van der Waals surface area contributed by atoms with Gasteiger partial charge >= 0.3 is 5.97 Å². The summed E-state index contributed by atoms with van der Waals surface area (Å²) >= 11 is 5.20. The van der Waals surface area contributed by atoms with Crippen LogP contribution in [0.5, 0.6) is 0 Å². The minimum atomic E-state index is -1.03. The number of hydrogen-bond acceptors (Lipinski definition) is 2. The van der Waals surface area contributed by atoms with Gasteiger partial charge < -0.3 is 5.11 Å². The van der Waals surface area contributed by atoms with E-state index >= 15 is 0 Å². The van der Waals surface area contributed by atoms with Gasteiger partial charge in [0.1, 0.15) is 5.16 Å². The summed E-state index contributed by atoms with van der Waals surface area (Å²) in [4.78, 5) is 13.3. The predicted molar refractivity (Wildman–Crippen MR) is 29.0 cm³/mol. The van der Waals surface area contributed by atoms with Gasteiger partial charge in [-0.15, -0.1) is 0 Å². The molecule has 0 aromatic heterocycles. The van der Waals surface area contributed by atoms with E-state index in [1.807, 2.05) is 0 Å². The summed E-state index contributed by atoms with van der Waals surface area (Å²) in [6.07, 6.45) is 1.30. The Balaban J connectivity index is 2.59. The highest BCUT2D eigenvalue weighted by Crippen LogP contribution is 2.12. The van der Waals surface area contributed by atoms with Crippen molar-refractivity contribution < 1.29 is 9.90 Å². The number of carbonyl (C=O) groups is 1. The van der Waals surface area contributed by atoms with E-state index in [0.29, 0.717) is 0 Å². The highest BCUT2D eigenvalue weighted by molar-refractivity contribution is 6.48. The summed E-state index contributed by atoms with van der Waals surface area (Å²) in [5, 5.41) is 8.37. The van der Waals surface area contributed by atoms with E-state index in [4.69, 9.17) is 16.7 Å². The molecule has 1 aliphatic rings. The number of aliphatic imine (C=N–C) groups is 1. The van der Waals surface area contributed by atoms with Crippen LogP contribution in [-0.4, -0.2) is 16.8 Å². The fourth-order valence-corrected chi connectivity index (χ4v) is 0.530. The van der Waals surface area contributed by atoms with E-state index in [-0.39, 0.29) is 10.9 Å². The smallest absolute Gasteiger partial charge is 0.354 e. The minimum Gasteiger partial charge on any atom is -0.477 e. The molecule has 1 heterocycles. The molecule has 0 amide bonds. The fraction of sp³-hybridized carbons (Fsp3) is 0. The van der Waals surface area contributed by atoms with Gasteiger partial charge in [0.2, 0.25) is 0 Å². The third-order valence-electron chi connectivity index (χ3n) is 0.702. The van der Waals surface area contributed by atoms with Crippen molar-refractivity contribution in [3.05, 3.63) is 11.2 Å². The Morgan fingerprint density at radius 1 is 1.88 bits per heavy atom. The molecule has 0 bridgehead atoms. The average molecular weight is 132 g/mol. The van der Waals surface area contributed by atoms with Crippen molar-refractivity contribution in [3.8, 4) is 0 Å². The number of carboxylic acids is 1. The number of halogens is 1. The van der Waals surface area contributed by atoms with Crippen molar-refractivity contribution in [2.75, 3.05) is 0 Å². The molecule has 1 N–H and O–H groups in total. The van der Waals surface area contributed by atoms with Crippen molar-refractivity contribution >= 4 is 23.3 Å². The summed E-state index contributed by atoms with van der Waals surface area (Å²) in [7, 11) is 0. The summed E-state index contributed by atoms with van der Waals surface area (Å²) in [5.41, 5.74) is 0.0231. The largest absolute Gasteiger partial charge is 0.477 e. The molecule has 0 atom stereocenters. The van der Waals surface area contributed by atoms with Gasteiger partial charge in [-0.3, -0.25) is 0 Å². The zero-order valence-electron chi connectivity index (χ0n) is 3.76. The Morgan fingerprint density at radius 3 is 2.50 bits per heavy atom. The number of hydrogen-bond donors (Lipinski definition) is 1. The molecular formula is C4H2ClNO2. The lowest BCUT2D eigenvalue weighted by molar-refractivity contribution is -0.129. The Hall–Kier alpha value is -0.830. The Kier molecular flexibility index (Phi) is 1.06. The summed E-state index contributed by atoms with van der Waals surface area (Å²) in [5.74, 6) is -1.03. The first-order valence-corrected chi connectivity index (χ1v) is 2.27. The first-order chi connectivity index (χ1) is 3.70. The number of carboxylic acid groups (broad SMARTS) is 1. The molecule has 8 heavy (non-hydrogen) atoms. The van der Waals surface area contributed by atoms with Gasteiger partial charge in [0.25, 0.3) is 0 Å². The van der Waals surface area contributed by atoms with Crippen LogP contribution in [0.4, 0.5) is 0 Å². The number of aliphatic carboxylic acids is 1. The normalized spacial score (nSPS) is 16.1. The van der Waals surface area contributed by atoms with E-state index in [9.17, 15) is 4.79 Å². The van der Waals surface area contributed by atoms with Gasteiger partial charge in [-0.25, -0.2) is 9.79 Å². The quantitative estimate of drug-likeness (QED) is 0.530. The standard InChI is InChI=1S/C4H2ClNO2/c5-3-1-2(6-3)4(7)8/h1H,(H,7,8). The van der Waals surface area contributed by atoms with Crippen LogP contribution in [0.2, 0.25) is 0 Å². The van der Waals surface area contributed by atoms with Gasteiger partial charge in [0.05, 0.1) is 0 Å².